The molecular formula is C13H20N2O2. The van der Waals surface area contributed by atoms with E-state index in [1.165, 1.54) is 12.8 Å². The number of aliphatic hydroxyl groups is 1. The van der Waals surface area contributed by atoms with Gasteiger partial charge in [0.25, 0.3) is 0 Å². The lowest BCUT2D eigenvalue weighted by molar-refractivity contribution is -0.121. The Balaban J connectivity index is 1.67. The van der Waals surface area contributed by atoms with Crippen molar-refractivity contribution in [1.82, 2.24) is 9.88 Å². The lowest BCUT2D eigenvalue weighted by Crippen LogP contribution is -2.26. The standard InChI is InChI=1S/C13H20N2O2/c1-15-8-2-3-11(15)12(16)6-7-14-13(17)9-10-4-5-10/h2-3,8,10,12,16H,4-7,9H2,1H3,(H,14,17). The van der Waals surface area contributed by atoms with Crippen LogP contribution in [-0.2, 0) is 11.8 Å². The predicted octanol–water partition coefficient (Wildman–Crippen LogP) is 1.36. The van der Waals surface area contributed by atoms with Gasteiger partial charge in [0.2, 0.25) is 5.91 Å². The van der Waals surface area contributed by atoms with Gasteiger partial charge in [0.15, 0.2) is 0 Å². The molecule has 1 aromatic heterocycles. The quantitative estimate of drug-likeness (QED) is 0.783. The highest BCUT2D eigenvalue weighted by molar-refractivity contribution is 5.76. The molecule has 2 N–H and O–H groups in total. The number of aromatic nitrogens is 1. The van der Waals surface area contributed by atoms with Crippen LogP contribution in [0.5, 0.6) is 0 Å². The summed E-state index contributed by atoms with van der Waals surface area (Å²) in [6.45, 7) is 0.540. The molecule has 0 saturated heterocycles. The zero-order valence-corrected chi connectivity index (χ0v) is 10.2. The summed E-state index contributed by atoms with van der Waals surface area (Å²) in [5.74, 6) is 0.736. The fraction of sp³-hybridized carbons (Fsp3) is 0.615. The first-order valence-electron chi connectivity index (χ1n) is 6.23. The Labute approximate surface area is 102 Å². The van der Waals surface area contributed by atoms with Crippen molar-refractivity contribution in [3.8, 4) is 0 Å². The Morgan fingerprint density at radius 1 is 1.65 bits per heavy atom. The van der Waals surface area contributed by atoms with Crippen LogP contribution in [0.3, 0.4) is 0 Å². The predicted molar refractivity (Wildman–Crippen MR) is 65.3 cm³/mol. The minimum absolute atomic E-state index is 0.117. The molecule has 0 aliphatic heterocycles. The molecule has 1 atom stereocenters. The summed E-state index contributed by atoms with van der Waals surface area (Å²) in [4.78, 5) is 11.4. The van der Waals surface area contributed by atoms with Gasteiger partial charge in [-0.2, -0.15) is 0 Å². The zero-order valence-electron chi connectivity index (χ0n) is 10.2. The summed E-state index contributed by atoms with van der Waals surface area (Å²) in [6.07, 6.45) is 5.01. The van der Waals surface area contributed by atoms with Crippen molar-refractivity contribution in [3.63, 3.8) is 0 Å². The van der Waals surface area contributed by atoms with Crippen molar-refractivity contribution >= 4 is 5.91 Å². The van der Waals surface area contributed by atoms with E-state index < -0.39 is 6.10 Å². The number of hydrogen-bond donors (Lipinski definition) is 2. The fourth-order valence-corrected chi connectivity index (χ4v) is 1.97. The van der Waals surface area contributed by atoms with Crippen molar-refractivity contribution in [2.24, 2.45) is 13.0 Å². The number of rotatable bonds is 6. The molecule has 1 heterocycles. The van der Waals surface area contributed by atoms with E-state index in [9.17, 15) is 9.90 Å². The van der Waals surface area contributed by atoms with Crippen LogP contribution < -0.4 is 5.32 Å². The average molecular weight is 236 g/mol. The molecule has 94 valence electrons. The topological polar surface area (TPSA) is 54.3 Å². The Morgan fingerprint density at radius 3 is 3.00 bits per heavy atom. The number of carbonyl (C=O) groups is 1. The Hall–Kier alpha value is -1.29. The number of hydrogen-bond acceptors (Lipinski definition) is 2. The number of carbonyl (C=O) groups excluding carboxylic acids is 1. The largest absolute Gasteiger partial charge is 0.387 e. The molecule has 1 unspecified atom stereocenters. The molecule has 1 amide bonds. The van der Waals surface area contributed by atoms with Crippen LogP contribution in [0.4, 0.5) is 0 Å². The van der Waals surface area contributed by atoms with Gasteiger partial charge >= 0.3 is 0 Å². The molecule has 4 nitrogen and oxygen atoms in total. The molecule has 1 aliphatic carbocycles. The molecular weight excluding hydrogens is 216 g/mol. The summed E-state index contributed by atoms with van der Waals surface area (Å²) >= 11 is 0. The van der Waals surface area contributed by atoms with Gasteiger partial charge in [0.05, 0.1) is 6.10 Å². The highest BCUT2D eigenvalue weighted by Crippen LogP contribution is 2.32. The number of nitrogens with one attached hydrogen (secondary N) is 1. The summed E-state index contributed by atoms with van der Waals surface area (Å²) in [5.41, 5.74) is 0.890. The highest BCUT2D eigenvalue weighted by atomic mass is 16.3. The van der Waals surface area contributed by atoms with Crippen LogP contribution >= 0.6 is 0 Å². The smallest absolute Gasteiger partial charge is 0.220 e. The van der Waals surface area contributed by atoms with Gasteiger partial charge in [-0.1, -0.05) is 0 Å². The SMILES string of the molecule is Cn1cccc1C(O)CCNC(=O)CC1CC1. The highest BCUT2D eigenvalue weighted by Gasteiger charge is 2.24. The average Bonchev–Trinajstić information content (AvgIpc) is 2.98. The third kappa shape index (κ3) is 3.60. The minimum Gasteiger partial charge on any atom is -0.387 e. The van der Waals surface area contributed by atoms with Gasteiger partial charge in [-0.25, -0.2) is 0 Å². The second kappa shape index (κ2) is 5.36. The maximum atomic E-state index is 11.4. The molecule has 1 fully saturated rings. The second-order valence-electron chi connectivity index (χ2n) is 4.85. The van der Waals surface area contributed by atoms with Gasteiger partial charge in [-0.3, -0.25) is 4.79 Å². The van der Waals surface area contributed by atoms with Crippen molar-refractivity contribution in [3.05, 3.63) is 24.0 Å². The van der Waals surface area contributed by atoms with E-state index in [4.69, 9.17) is 0 Å². The van der Waals surface area contributed by atoms with Crippen LogP contribution in [0.15, 0.2) is 18.3 Å². The van der Waals surface area contributed by atoms with E-state index in [0.717, 1.165) is 5.69 Å². The van der Waals surface area contributed by atoms with Crippen molar-refractivity contribution in [2.75, 3.05) is 6.54 Å². The fourth-order valence-electron chi connectivity index (χ4n) is 1.97. The molecule has 2 rings (SSSR count). The maximum Gasteiger partial charge on any atom is 0.220 e. The van der Waals surface area contributed by atoms with Gasteiger partial charge in [-0.15, -0.1) is 0 Å². The van der Waals surface area contributed by atoms with E-state index in [-0.39, 0.29) is 5.91 Å². The summed E-state index contributed by atoms with van der Waals surface area (Å²) in [6, 6.07) is 3.81. The molecule has 1 saturated carbocycles. The third-order valence-corrected chi connectivity index (χ3v) is 3.24. The van der Waals surface area contributed by atoms with Crippen LogP contribution in [0.1, 0.15) is 37.5 Å². The second-order valence-corrected chi connectivity index (χ2v) is 4.85. The van der Waals surface area contributed by atoms with Crippen molar-refractivity contribution in [2.45, 2.75) is 31.8 Å². The molecule has 0 radical (unpaired) electrons. The van der Waals surface area contributed by atoms with Crippen LogP contribution in [0, 0.1) is 5.92 Å². The molecule has 0 aromatic carbocycles. The van der Waals surface area contributed by atoms with Gasteiger partial charge in [0, 0.05) is 31.9 Å². The summed E-state index contributed by atoms with van der Waals surface area (Å²) < 4.78 is 1.90. The van der Waals surface area contributed by atoms with E-state index >= 15 is 0 Å². The molecule has 0 bridgehead atoms. The van der Waals surface area contributed by atoms with Crippen LogP contribution in [0.25, 0.3) is 0 Å². The number of aliphatic hydroxyl groups excluding tert-OH is 1. The number of aryl methyl sites for hydroxylation is 1. The normalized spacial score (nSPS) is 16.8. The van der Waals surface area contributed by atoms with Crippen LogP contribution in [0.2, 0.25) is 0 Å². The monoisotopic (exact) mass is 236 g/mol. The Bertz CT molecular complexity index is 383. The number of nitrogens with zero attached hydrogens (tertiary/aromatic N) is 1. The van der Waals surface area contributed by atoms with Gasteiger partial charge < -0.3 is 15.0 Å². The van der Waals surface area contributed by atoms with E-state index in [1.54, 1.807) is 0 Å². The van der Waals surface area contributed by atoms with E-state index in [0.29, 0.717) is 25.3 Å². The third-order valence-electron chi connectivity index (χ3n) is 3.24. The first-order valence-corrected chi connectivity index (χ1v) is 6.23. The van der Waals surface area contributed by atoms with E-state index in [1.807, 2.05) is 29.9 Å². The molecule has 1 aromatic rings. The van der Waals surface area contributed by atoms with Crippen molar-refractivity contribution < 1.29 is 9.90 Å². The molecule has 0 spiro atoms. The lowest BCUT2D eigenvalue weighted by Gasteiger charge is -2.12. The Kier molecular flexibility index (Phi) is 3.84. The zero-order chi connectivity index (χ0) is 12.3. The lowest BCUT2D eigenvalue weighted by atomic mass is 10.2. The Morgan fingerprint density at radius 2 is 2.41 bits per heavy atom. The first-order chi connectivity index (χ1) is 8.16. The van der Waals surface area contributed by atoms with Gasteiger partial charge in [0.1, 0.15) is 0 Å². The minimum atomic E-state index is -0.503. The maximum absolute atomic E-state index is 11.4. The van der Waals surface area contributed by atoms with Crippen LogP contribution in [-0.4, -0.2) is 22.1 Å². The van der Waals surface area contributed by atoms with E-state index in [2.05, 4.69) is 5.32 Å². The van der Waals surface area contributed by atoms with Gasteiger partial charge in [-0.05, 0) is 37.3 Å². The molecule has 1 aliphatic rings. The molecule has 17 heavy (non-hydrogen) atoms. The summed E-state index contributed by atoms with van der Waals surface area (Å²) in [7, 11) is 1.91. The first kappa shape index (κ1) is 12.2. The number of amides is 1. The van der Waals surface area contributed by atoms with Crippen molar-refractivity contribution in [1.29, 1.82) is 0 Å². The molecule has 4 heteroatoms. The summed E-state index contributed by atoms with van der Waals surface area (Å²) in [5, 5.41) is 12.8.